The van der Waals surface area contributed by atoms with Crippen molar-refractivity contribution in [1.29, 1.82) is 0 Å². The molecule has 0 aliphatic heterocycles. The number of nitro benzene ring substituents is 1. The van der Waals surface area contributed by atoms with Crippen LogP contribution in [0.4, 0.5) is 15.8 Å². The molecule has 3 N–H and O–H groups in total. The van der Waals surface area contributed by atoms with Gasteiger partial charge in [0, 0.05) is 42.3 Å². The third-order valence-corrected chi connectivity index (χ3v) is 4.12. The van der Waals surface area contributed by atoms with E-state index in [4.69, 9.17) is 0 Å². The van der Waals surface area contributed by atoms with Gasteiger partial charge in [0.15, 0.2) is 0 Å². The number of fused-ring (bicyclic) bond motifs is 1. The fraction of sp³-hybridized carbons (Fsp3) is 0.167. The van der Waals surface area contributed by atoms with Gasteiger partial charge in [-0.3, -0.25) is 14.9 Å². The molecule has 1 amide bonds. The van der Waals surface area contributed by atoms with E-state index >= 15 is 0 Å². The van der Waals surface area contributed by atoms with E-state index in [0.29, 0.717) is 24.2 Å². The molecule has 26 heavy (non-hydrogen) atoms. The van der Waals surface area contributed by atoms with Crippen molar-refractivity contribution < 1.29 is 14.1 Å². The fourth-order valence-electron chi connectivity index (χ4n) is 2.81. The predicted octanol–water partition coefficient (Wildman–Crippen LogP) is 3.23. The van der Waals surface area contributed by atoms with E-state index in [1.165, 1.54) is 37.4 Å². The third-order valence-electron chi connectivity index (χ3n) is 4.12. The molecule has 7 nitrogen and oxygen atoms in total. The van der Waals surface area contributed by atoms with E-state index in [9.17, 15) is 19.3 Å². The monoisotopic (exact) mass is 356 g/mol. The van der Waals surface area contributed by atoms with Gasteiger partial charge in [-0.05, 0) is 42.3 Å². The van der Waals surface area contributed by atoms with Gasteiger partial charge in [0.05, 0.1) is 4.92 Å². The lowest BCUT2D eigenvalue weighted by atomic mass is 10.1. The molecule has 2 aromatic carbocycles. The summed E-state index contributed by atoms with van der Waals surface area (Å²) in [6.07, 6.45) is 2.40. The zero-order chi connectivity index (χ0) is 18.7. The number of nitrogens with zero attached hydrogens (tertiary/aromatic N) is 1. The Morgan fingerprint density at radius 2 is 2.08 bits per heavy atom. The smallest absolute Gasteiger partial charge is 0.293 e. The van der Waals surface area contributed by atoms with Crippen LogP contribution < -0.4 is 10.6 Å². The van der Waals surface area contributed by atoms with Gasteiger partial charge >= 0.3 is 0 Å². The number of carbonyl (C=O) groups is 1. The van der Waals surface area contributed by atoms with Crippen molar-refractivity contribution >= 4 is 28.2 Å². The van der Waals surface area contributed by atoms with Crippen molar-refractivity contribution in [2.24, 2.45) is 0 Å². The van der Waals surface area contributed by atoms with Crippen LogP contribution in [0.3, 0.4) is 0 Å². The summed E-state index contributed by atoms with van der Waals surface area (Å²) in [7, 11) is 1.47. The number of H-pyrrole nitrogens is 1. The minimum absolute atomic E-state index is 0.160. The van der Waals surface area contributed by atoms with Crippen molar-refractivity contribution in [3.63, 3.8) is 0 Å². The summed E-state index contributed by atoms with van der Waals surface area (Å²) in [6, 6.07) is 8.83. The second-order valence-corrected chi connectivity index (χ2v) is 5.75. The molecule has 3 aromatic rings. The molecule has 0 radical (unpaired) electrons. The van der Waals surface area contributed by atoms with E-state index in [0.717, 1.165) is 10.9 Å². The zero-order valence-corrected chi connectivity index (χ0v) is 14.0. The highest BCUT2D eigenvalue weighted by Crippen LogP contribution is 2.26. The Morgan fingerprint density at radius 3 is 2.81 bits per heavy atom. The number of nitro groups is 1. The summed E-state index contributed by atoms with van der Waals surface area (Å²) < 4.78 is 13.2. The highest BCUT2D eigenvalue weighted by molar-refractivity contribution is 5.95. The predicted molar refractivity (Wildman–Crippen MR) is 96.9 cm³/mol. The van der Waals surface area contributed by atoms with Gasteiger partial charge in [0.2, 0.25) is 0 Å². The van der Waals surface area contributed by atoms with Crippen molar-refractivity contribution in [2.75, 3.05) is 18.9 Å². The van der Waals surface area contributed by atoms with E-state index < -0.39 is 4.92 Å². The SMILES string of the molecule is CNC(=O)c1ccc(NCCc2c[nH]c3cc(F)ccc23)c([N+](=O)[O-])c1. The number of amides is 1. The van der Waals surface area contributed by atoms with Gasteiger partial charge in [0.1, 0.15) is 11.5 Å². The molecule has 134 valence electrons. The Kier molecular flexibility index (Phi) is 4.83. The molecule has 0 spiro atoms. The van der Waals surface area contributed by atoms with Gasteiger partial charge in [-0.2, -0.15) is 0 Å². The summed E-state index contributed by atoms with van der Waals surface area (Å²) in [5, 5.41) is 17.7. The lowest BCUT2D eigenvalue weighted by Crippen LogP contribution is -2.18. The van der Waals surface area contributed by atoms with Crippen molar-refractivity contribution in [3.05, 3.63) is 69.7 Å². The fourth-order valence-corrected chi connectivity index (χ4v) is 2.81. The molecule has 0 saturated carbocycles. The van der Waals surface area contributed by atoms with E-state index in [-0.39, 0.29) is 23.0 Å². The van der Waals surface area contributed by atoms with Crippen LogP contribution in [0.15, 0.2) is 42.6 Å². The zero-order valence-electron chi connectivity index (χ0n) is 14.0. The lowest BCUT2D eigenvalue weighted by molar-refractivity contribution is -0.384. The van der Waals surface area contributed by atoms with Gasteiger partial charge in [0.25, 0.3) is 11.6 Å². The number of aromatic nitrogens is 1. The largest absolute Gasteiger partial charge is 0.379 e. The molecule has 8 heteroatoms. The summed E-state index contributed by atoms with van der Waals surface area (Å²) in [4.78, 5) is 25.4. The van der Waals surface area contributed by atoms with Crippen molar-refractivity contribution in [3.8, 4) is 0 Å². The number of anilines is 1. The molecule has 1 heterocycles. The number of hydrogen-bond donors (Lipinski definition) is 3. The standard InChI is InChI=1S/C18H17FN4O3/c1-20-18(24)11-2-5-15(17(8-11)23(25)26)21-7-6-12-10-22-16-9-13(19)3-4-14(12)16/h2-5,8-10,21-22H,6-7H2,1H3,(H,20,24). The maximum absolute atomic E-state index is 13.2. The summed E-state index contributed by atoms with van der Waals surface area (Å²) in [5.74, 6) is -0.693. The first kappa shape index (κ1) is 17.4. The lowest BCUT2D eigenvalue weighted by Gasteiger charge is -2.08. The Labute approximate surface area is 148 Å². The second kappa shape index (κ2) is 7.22. The molecule has 3 rings (SSSR count). The van der Waals surface area contributed by atoms with Crippen LogP contribution in [0.1, 0.15) is 15.9 Å². The second-order valence-electron chi connectivity index (χ2n) is 5.75. The Morgan fingerprint density at radius 1 is 1.27 bits per heavy atom. The molecule has 0 atom stereocenters. The van der Waals surface area contributed by atoms with Crippen molar-refractivity contribution in [2.45, 2.75) is 6.42 Å². The van der Waals surface area contributed by atoms with Crippen LogP contribution in [0.2, 0.25) is 0 Å². The number of carbonyl (C=O) groups excluding carboxylic acids is 1. The van der Waals surface area contributed by atoms with Gasteiger partial charge in [-0.1, -0.05) is 0 Å². The molecular weight excluding hydrogens is 339 g/mol. The van der Waals surface area contributed by atoms with Gasteiger partial charge < -0.3 is 15.6 Å². The molecule has 1 aromatic heterocycles. The Bertz CT molecular complexity index is 984. The van der Waals surface area contributed by atoms with Crippen LogP contribution >= 0.6 is 0 Å². The van der Waals surface area contributed by atoms with Crippen LogP contribution in [0.25, 0.3) is 10.9 Å². The first-order valence-corrected chi connectivity index (χ1v) is 7.99. The molecule has 0 aliphatic carbocycles. The number of nitrogens with one attached hydrogen (secondary N) is 3. The van der Waals surface area contributed by atoms with Gasteiger partial charge in [-0.15, -0.1) is 0 Å². The Hall–Kier alpha value is -3.42. The molecule has 0 saturated heterocycles. The minimum Gasteiger partial charge on any atom is -0.379 e. The maximum Gasteiger partial charge on any atom is 0.293 e. The van der Waals surface area contributed by atoms with Crippen LogP contribution in [-0.4, -0.2) is 29.4 Å². The molecule has 0 aliphatic rings. The summed E-state index contributed by atoms with van der Waals surface area (Å²) >= 11 is 0. The third kappa shape index (κ3) is 3.49. The first-order valence-electron chi connectivity index (χ1n) is 7.99. The molecule has 0 unspecified atom stereocenters. The van der Waals surface area contributed by atoms with Crippen LogP contribution in [0.5, 0.6) is 0 Å². The van der Waals surface area contributed by atoms with Crippen LogP contribution in [0, 0.1) is 15.9 Å². The average molecular weight is 356 g/mol. The average Bonchev–Trinajstić information content (AvgIpc) is 3.03. The molecule has 0 bridgehead atoms. The number of hydrogen-bond acceptors (Lipinski definition) is 4. The van der Waals surface area contributed by atoms with Crippen LogP contribution in [-0.2, 0) is 6.42 Å². The number of halogens is 1. The maximum atomic E-state index is 13.2. The summed E-state index contributed by atoms with van der Waals surface area (Å²) in [6.45, 7) is 0.449. The first-order chi connectivity index (χ1) is 12.5. The normalized spacial score (nSPS) is 10.7. The number of rotatable bonds is 6. The number of benzene rings is 2. The van der Waals surface area contributed by atoms with E-state index in [1.807, 2.05) is 0 Å². The molecule has 0 fully saturated rings. The van der Waals surface area contributed by atoms with E-state index in [2.05, 4.69) is 15.6 Å². The highest BCUT2D eigenvalue weighted by atomic mass is 19.1. The topological polar surface area (TPSA) is 100 Å². The quantitative estimate of drug-likeness (QED) is 0.466. The minimum atomic E-state index is -0.525. The summed E-state index contributed by atoms with van der Waals surface area (Å²) in [5.41, 5.74) is 2.10. The van der Waals surface area contributed by atoms with Crippen molar-refractivity contribution in [1.82, 2.24) is 10.3 Å². The highest BCUT2D eigenvalue weighted by Gasteiger charge is 2.17. The molecular formula is C18H17FN4O3. The Balaban J connectivity index is 1.74. The number of aromatic amines is 1. The van der Waals surface area contributed by atoms with E-state index in [1.54, 1.807) is 12.3 Å². The van der Waals surface area contributed by atoms with Gasteiger partial charge in [-0.25, -0.2) is 4.39 Å².